The van der Waals surface area contributed by atoms with Crippen LogP contribution in [0.25, 0.3) is 0 Å². The zero-order chi connectivity index (χ0) is 11.3. The molecule has 2 atom stereocenters. The Morgan fingerprint density at radius 2 is 1.80 bits per heavy atom. The van der Waals surface area contributed by atoms with Crippen molar-refractivity contribution in [1.82, 2.24) is 0 Å². The highest BCUT2D eigenvalue weighted by molar-refractivity contribution is 7.98. The van der Waals surface area contributed by atoms with E-state index in [0.717, 1.165) is 0 Å². The topological polar surface area (TPSA) is 12.0 Å². The van der Waals surface area contributed by atoms with E-state index < -0.39 is 0 Å². The lowest BCUT2D eigenvalue weighted by Gasteiger charge is -2.21. The fraction of sp³-hybridized carbons (Fsp3) is 0.538. The SMILES string of the molecule is CC[C@H](C)[C@@H](C)Nc1ccc(SC)cc1. The van der Waals surface area contributed by atoms with Crippen LogP contribution in [0.2, 0.25) is 0 Å². The van der Waals surface area contributed by atoms with Crippen LogP contribution >= 0.6 is 11.8 Å². The number of thioether (sulfide) groups is 1. The van der Waals surface area contributed by atoms with Crippen LogP contribution in [0.3, 0.4) is 0 Å². The first-order valence-corrected chi connectivity index (χ1v) is 6.80. The first kappa shape index (κ1) is 12.4. The molecule has 0 fully saturated rings. The van der Waals surface area contributed by atoms with E-state index in [2.05, 4.69) is 56.6 Å². The van der Waals surface area contributed by atoms with Gasteiger partial charge in [0.25, 0.3) is 0 Å². The monoisotopic (exact) mass is 223 g/mol. The molecule has 0 radical (unpaired) electrons. The summed E-state index contributed by atoms with van der Waals surface area (Å²) in [5.74, 6) is 0.713. The highest BCUT2D eigenvalue weighted by Gasteiger charge is 2.09. The van der Waals surface area contributed by atoms with Gasteiger partial charge in [-0.2, -0.15) is 0 Å². The van der Waals surface area contributed by atoms with Crippen molar-refractivity contribution < 1.29 is 0 Å². The summed E-state index contributed by atoms with van der Waals surface area (Å²) >= 11 is 1.78. The second-order valence-electron chi connectivity index (χ2n) is 4.05. The summed E-state index contributed by atoms with van der Waals surface area (Å²) in [5.41, 5.74) is 1.22. The molecule has 84 valence electrons. The minimum atomic E-state index is 0.537. The Morgan fingerprint density at radius 3 is 2.27 bits per heavy atom. The van der Waals surface area contributed by atoms with Gasteiger partial charge in [-0.1, -0.05) is 20.3 Å². The molecule has 0 saturated heterocycles. The molecule has 0 heterocycles. The summed E-state index contributed by atoms with van der Waals surface area (Å²) in [6, 6.07) is 9.18. The standard InChI is InChI=1S/C13H21NS/c1-5-10(2)11(3)14-12-6-8-13(15-4)9-7-12/h6-11,14H,5H2,1-4H3/t10-,11+/m0/s1. The lowest BCUT2D eigenvalue weighted by atomic mass is 10.0. The van der Waals surface area contributed by atoms with Gasteiger partial charge in [-0.05, 0) is 43.4 Å². The second-order valence-corrected chi connectivity index (χ2v) is 4.93. The average molecular weight is 223 g/mol. The van der Waals surface area contributed by atoms with Crippen LogP contribution < -0.4 is 5.32 Å². The molecule has 15 heavy (non-hydrogen) atoms. The van der Waals surface area contributed by atoms with Crippen molar-refractivity contribution in [3.05, 3.63) is 24.3 Å². The third-order valence-electron chi connectivity index (χ3n) is 2.98. The van der Waals surface area contributed by atoms with E-state index in [1.54, 1.807) is 11.8 Å². The lowest BCUT2D eigenvalue weighted by Crippen LogP contribution is -2.23. The van der Waals surface area contributed by atoms with Gasteiger partial charge in [-0.3, -0.25) is 0 Å². The van der Waals surface area contributed by atoms with Crippen LogP contribution in [0, 0.1) is 5.92 Å². The first-order valence-electron chi connectivity index (χ1n) is 5.58. The van der Waals surface area contributed by atoms with Gasteiger partial charge in [0.1, 0.15) is 0 Å². The zero-order valence-electron chi connectivity index (χ0n) is 10.1. The molecule has 0 aliphatic rings. The minimum Gasteiger partial charge on any atom is -0.382 e. The lowest BCUT2D eigenvalue weighted by molar-refractivity contribution is 0.494. The maximum atomic E-state index is 3.53. The average Bonchev–Trinajstić information content (AvgIpc) is 2.29. The molecule has 0 saturated carbocycles. The predicted octanol–water partition coefficient (Wildman–Crippen LogP) is 4.26. The normalized spacial score (nSPS) is 14.7. The van der Waals surface area contributed by atoms with E-state index in [-0.39, 0.29) is 0 Å². The number of benzene rings is 1. The smallest absolute Gasteiger partial charge is 0.0343 e. The van der Waals surface area contributed by atoms with E-state index in [1.807, 2.05) is 0 Å². The van der Waals surface area contributed by atoms with Gasteiger partial charge in [0.2, 0.25) is 0 Å². The molecule has 0 unspecified atom stereocenters. The summed E-state index contributed by atoms with van der Waals surface area (Å²) in [6.07, 6.45) is 3.32. The van der Waals surface area contributed by atoms with E-state index >= 15 is 0 Å². The zero-order valence-corrected chi connectivity index (χ0v) is 10.9. The number of rotatable bonds is 5. The summed E-state index contributed by atoms with van der Waals surface area (Å²) in [7, 11) is 0. The molecule has 0 amide bonds. The molecule has 1 N–H and O–H groups in total. The summed E-state index contributed by atoms with van der Waals surface area (Å²) in [4.78, 5) is 1.32. The highest BCUT2D eigenvalue weighted by Crippen LogP contribution is 2.19. The Kier molecular flexibility index (Phi) is 5.03. The van der Waals surface area contributed by atoms with Crippen LogP contribution in [0.4, 0.5) is 5.69 Å². The summed E-state index contributed by atoms with van der Waals surface area (Å²) in [6.45, 7) is 6.77. The van der Waals surface area contributed by atoms with Crippen molar-refractivity contribution in [2.45, 2.75) is 38.1 Å². The Balaban J connectivity index is 2.57. The Labute approximate surface area is 97.7 Å². The van der Waals surface area contributed by atoms with E-state index in [1.165, 1.54) is 17.0 Å². The van der Waals surface area contributed by atoms with Gasteiger partial charge in [0.05, 0.1) is 0 Å². The van der Waals surface area contributed by atoms with Crippen LogP contribution in [-0.2, 0) is 0 Å². The van der Waals surface area contributed by atoms with Crippen molar-refractivity contribution in [1.29, 1.82) is 0 Å². The molecular weight excluding hydrogens is 202 g/mol. The quantitative estimate of drug-likeness (QED) is 0.749. The maximum Gasteiger partial charge on any atom is 0.0343 e. The van der Waals surface area contributed by atoms with E-state index in [4.69, 9.17) is 0 Å². The number of anilines is 1. The fourth-order valence-electron chi connectivity index (χ4n) is 1.45. The summed E-state index contributed by atoms with van der Waals surface area (Å²) < 4.78 is 0. The third-order valence-corrected chi connectivity index (χ3v) is 3.73. The van der Waals surface area contributed by atoms with Gasteiger partial charge in [0.15, 0.2) is 0 Å². The second kappa shape index (κ2) is 6.06. The van der Waals surface area contributed by atoms with Crippen molar-refractivity contribution in [2.75, 3.05) is 11.6 Å². The van der Waals surface area contributed by atoms with Gasteiger partial charge in [-0.15, -0.1) is 11.8 Å². The molecule has 1 rings (SSSR count). The molecule has 0 bridgehead atoms. The Bertz CT molecular complexity index is 281. The molecule has 1 aromatic carbocycles. The third kappa shape index (κ3) is 3.78. The summed E-state index contributed by atoms with van der Waals surface area (Å²) in [5, 5.41) is 3.53. The van der Waals surface area contributed by atoms with E-state index in [9.17, 15) is 0 Å². The largest absolute Gasteiger partial charge is 0.382 e. The molecule has 0 aromatic heterocycles. The maximum absolute atomic E-state index is 3.53. The number of hydrogen-bond acceptors (Lipinski definition) is 2. The van der Waals surface area contributed by atoms with Crippen molar-refractivity contribution >= 4 is 17.4 Å². The Morgan fingerprint density at radius 1 is 1.20 bits per heavy atom. The Hall–Kier alpha value is -0.630. The molecule has 0 spiro atoms. The molecular formula is C13H21NS. The number of hydrogen-bond donors (Lipinski definition) is 1. The van der Waals surface area contributed by atoms with Crippen LogP contribution in [-0.4, -0.2) is 12.3 Å². The van der Waals surface area contributed by atoms with Gasteiger partial charge >= 0.3 is 0 Å². The van der Waals surface area contributed by atoms with Crippen molar-refractivity contribution in [3.63, 3.8) is 0 Å². The van der Waals surface area contributed by atoms with Gasteiger partial charge in [-0.25, -0.2) is 0 Å². The van der Waals surface area contributed by atoms with Gasteiger partial charge < -0.3 is 5.32 Å². The fourth-order valence-corrected chi connectivity index (χ4v) is 1.85. The van der Waals surface area contributed by atoms with Crippen molar-refractivity contribution in [3.8, 4) is 0 Å². The van der Waals surface area contributed by atoms with Crippen LogP contribution in [0.5, 0.6) is 0 Å². The van der Waals surface area contributed by atoms with Gasteiger partial charge in [0, 0.05) is 16.6 Å². The molecule has 2 heteroatoms. The minimum absolute atomic E-state index is 0.537. The predicted molar refractivity (Wildman–Crippen MR) is 70.8 cm³/mol. The first-order chi connectivity index (χ1) is 7.17. The highest BCUT2D eigenvalue weighted by atomic mass is 32.2. The molecule has 0 aliphatic heterocycles. The van der Waals surface area contributed by atoms with E-state index in [0.29, 0.717) is 12.0 Å². The van der Waals surface area contributed by atoms with Crippen LogP contribution in [0.1, 0.15) is 27.2 Å². The van der Waals surface area contributed by atoms with Crippen molar-refractivity contribution in [2.24, 2.45) is 5.92 Å². The van der Waals surface area contributed by atoms with Crippen LogP contribution in [0.15, 0.2) is 29.2 Å². The molecule has 1 aromatic rings. The number of nitrogens with one attached hydrogen (secondary N) is 1. The molecule has 0 aliphatic carbocycles. The molecule has 1 nitrogen and oxygen atoms in total.